The van der Waals surface area contributed by atoms with Gasteiger partial charge in [0.25, 0.3) is 0 Å². The number of hydrogen-bond acceptors (Lipinski definition) is 0. The molecule has 3 aliphatic rings. The molecule has 1 aromatic rings. The molecule has 2 saturated carbocycles. The summed E-state index contributed by atoms with van der Waals surface area (Å²) in [5, 5.41) is 0. The van der Waals surface area contributed by atoms with Crippen molar-refractivity contribution in [3.05, 3.63) is 34.9 Å². The van der Waals surface area contributed by atoms with Gasteiger partial charge in [0.1, 0.15) is 0 Å². The number of unbranched alkanes of at least 4 members (excludes halogenated alkanes) is 2. The van der Waals surface area contributed by atoms with Gasteiger partial charge >= 0.3 is 0 Å². The van der Waals surface area contributed by atoms with E-state index in [0.717, 1.165) is 29.6 Å². The van der Waals surface area contributed by atoms with Crippen LogP contribution in [0.15, 0.2) is 18.2 Å². The van der Waals surface area contributed by atoms with Crippen molar-refractivity contribution in [2.45, 2.75) is 104 Å². The highest BCUT2D eigenvalue weighted by atomic mass is 14.4. The molecule has 2 fully saturated rings. The maximum Gasteiger partial charge on any atom is -0.0245 e. The summed E-state index contributed by atoms with van der Waals surface area (Å²) in [6.07, 6.45) is 20.6. The van der Waals surface area contributed by atoms with Gasteiger partial charge in [-0.15, -0.1) is 0 Å². The molecule has 0 heteroatoms. The van der Waals surface area contributed by atoms with E-state index in [2.05, 4.69) is 32.0 Å². The van der Waals surface area contributed by atoms with E-state index in [9.17, 15) is 0 Å². The van der Waals surface area contributed by atoms with Gasteiger partial charge in [0.2, 0.25) is 0 Å². The second-order valence-corrected chi connectivity index (χ2v) is 10.2. The Hall–Kier alpha value is -0.780. The van der Waals surface area contributed by atoms with E-state index in [-0.39, 0.29) is 0 Å². The fourth-order valence-corrected chi connectivity index (χ4v) is 6.85. The monoisotopic (exact) mass is 366 g/mol. The van der Waals surface area contributed by atoms with Crippen molar-refractivity contribution in [1.29, 1.82) is 0 Å². The lowest BCUT2D eigenvalue weighted by Crippen LogP contribution is -2.35. The van der Waals surface area contributed by atoms with Crippen molar-refractivity contribution in [2.75, 3.05) is 0 Å². The molecule has 27 heavy (non-hydrogen) atoms. The Morgan fingerprint density at radius 2 is 1.56 bits per heavy atom. The molecule has 0 heterocycles. The van der Waals surface area contributed by atoms with Crippen LogP contribution in [0.2, 0.25) is 0 Å². The Bertz CT molecular complexity index is 600. The quantitative estimate of drug-likeness (QED) is 0.451. The van der Waals surface area contributed by atoms with Gasteiger partial charge in [-0.3, -0.25) is 0 Å². The zero-order valence-electron chi connectivity index (χ0n) is 18.0. The molecule has 0 spiro atoms. The number of fused-ring (bicyclic) bond motifs is 2. The first-order valence-corrected chi connectivity index (χ1v) is 12.4. The molecule has 4 rings (SSSR count). The lowest BCUT2D eigenvalue weighted by atomic mass is 9.61. The summed E-state index contributed by atoms with van der Waals surface area (Å²) < 4.78 is 0. The normalized spacial score (nSPS) is 33.3. The molecule has 0 saturated heterocycles. The minimum absolute atomic E-state index is 0.980. The summed E-state index contributed by atoms with van der Waals surface area (Å²) in [7, 11) is 0. The minimum atomic E-state index is 0.980. The molecule has 5 unspecified atom stereocenters. The number of benzene rings is 1. The van der Waals surface area contributed by atoms with Crippen LogP contribution < -0.4 is 0 Å². The van der Waals surface area contributed by atoms with E-state index in [0.29, 0.717) is 0 Å². The van der Waals surface area contributed by atoms with Gasteiger partial charge in [-0.25, -0.2) is 0 Å². The predicted molar refractivity (Wildman–Crippen MR) is 117 cm³/mol. The summed E-state index contributed by atoms with van der Waals surface area (Å²) in [5.74, 6) is 5.25. The number of aryl methyl sites for hydroxylation is 2. The summed E-state index contributed by atoms with van der Waals surface area (Å²) in [4.78, 5) is 0. The molecule has 1 aromatic carbocycles. The molecule has 0 nitrogen and oxygen atoms in total. The highest BCUT2D eigenvalue weighted by Gasteiger charge is 2.38. The zero-order chi connectivity index (χ0) is 18.6. The first kappa shape index (κ1) is 19.5. The van der Waals surface area contributed by atoms with Crippen molar-refractivity contribution < 1.29 is 0 Å². The summed E-state index contributed by atoms with van der Waals surface area (Å²) >= 11 is 0. The topological polar surface area (TPSA) is 0 Å². The molecule has 0 aromatic heterocycles. The second-order valence-electron chi connectivity index (χ2n) is 10.2. The molecule has 5 atom stereocenters. The van der Waals surface area contributed by atoms with E-state index >= 15 is 0 Å². The Labute approximate surface area is 168 Å². The third kappa shape index (κ3) is 4.63. The Balaban J connectivity index is 1.30. The lowest BCUT2D eigenvalue weighted by Gasteiger charge is -2.45. The van der Waals surface area contributed by atoms with Gasteiger partial charge in [0.05, 0.1) is 0 Å². The SMILES string of the molecule is CCCCCC1CCC2CC(C3CCc4cc(CC)ccc4C3)CCC2C1. The largest absolute Gasteiger partial charge is 0.0654 e. The standard InChI is InChI=1S/C27H42/c1-3-5-6-7-21-9-11-25-19-27(15-13-23(25)17-21)26-14-12-22-16-20(4-2)8-10-24(22)18-26/h8,10,16,21,23,25-27H,3-7,9,11-15,17-19H2,1-2H3. The third-order valence-corrected chi connectivity index (χ3v) is 8.59. The van der Waals surface area contributed by atoms with Crippen molar-refractivity contribution >= 4 is 0 Å². The molecule has 0 radical (unpaired) electrons. The van der Waals surface area contributed by atoms with Crippen molar-refractivity contribution in [3.63, 3.8) is 0 Å². The maximum absolute atomic E-state index is 2.50. The lowest BCUT2D eigenvalue weighted by molar-refractivity contribution is 0.0690. The van der Waals surface area contributed by atoms with Crippen LogP contribution in [-0.4, -0.2) is 0 Å². The van der Waals surface area contributed by atoms with Crippen LogP contribution in [0.25, 0.3) is 0 Å². The zero-order valence-corrected chi connectivity index (χ0v) is 18.0. The van der Waals surface area contributed by atoms with Gasteiger partial charge in [0.15, 0.2) is 0 Å². The number of rotatable bonds is 6. The van der Waals surface area contributed by atoms with Crippen LogP contribution in [0.1, 0.15) is 101 Å². The van der Waals surface area contributed by atoms with Crippen LogP contribution in [0.3, 0.4) is 0 Å². The van der Waals surface area contributed by atoms with E-state index in [4.69, 9.17) is 0 Å². The van der Waals surface area contributed by atoms with Crippen LogP contribution in [0.4, 0.5) is 0 Å². The first-order valence-electron chi connectivity index (χ1n) is 12.4. The van der Waals surface area contributed by atoms with Crippen LogP contribution in [-0.2, 0) is 19.3 Å². The molecular formula is C27H42. The highest BCUT2D eigenvalue weighted by Crippen LogP contribution is 2.49. The van der Waals surface area contributed by atoms with Crippen molar-refractivity contribution in [2.24, 2.45) is 29.6 Å². The summed E-state index contributed by atoms with van der Waals surface area (Å²) in [6.45, 7) is 4.62. The number of hydrogen-bond donors (Lipinski definition) is 0. The molecule has 0 N–H and O–H groups in total. The van der Waals surface area contributed by atoms with Crippen LogP contribution >= 0.6 is 0 Å². The van der Waals surface area contributed by atoms with Gasteiger partial charge in [-0.1, -0.05) is 64.2 Å². The third-order valence-electron chi connectivity index (χ3n) is 8.59. The van der Waals surface area contributed by atoms with Gasteiger partial charge in [0, 0.05) is 0 Å². The fraction of sp³-hybridized carbons (Fsp3) is 0.778. The molecule has 0 aliphatic heterocycles. The average Bonchev–Trinajstić information content (AvgIpc) is 2.72. The Morgan fingerprint density at radius 1 is 0.778 bits per heavy atom. The Kier molecular flexibility index (Phi) is 6.62. The molecule has 0 bridgehead atoms. The molecule has 0 amide bonds. The minimum Gasteiger partial charge on any atom is -0.0654 e. The van der Waals surface area contributed by atoms with Crippen LogP contribution in [0.5, 0.6) is 0 Å². The fourth-order valence-electron chi connectivity index (χ4n) is 6.85. The summed E-state index contributed by atoms with van der Waals surface area (Å²) in [6, 6.07) is 7.35. The first-order chi connectivity index (χ1) is 13.3. The predicted octanol–water partition coefficient (Wildman–Crippen LogP) is 7.77. The van der Waals surface area contributed by atoms with E-state index in [1.54, 1.807) is 43.2 Å². The molecular weight excluding hydrogens is 324 g/mol. The molecule has 3 aliphatic carbocycles. The highest BCUT2D eigenvalue weighted by molar-refractivity contribution is 5.34. The average molecular weight is 367 g/mol. The smallest absolute Gasteiger partial charge is 0.0245 e. The molecule has 150 valence electrons. The van der Waals surface area contributed by atoms with Gasteiger partial charge in [-0.05, 0) is 104 Å². The van der Waals surface area contributed by atoms with Crippen LogP contribution in [0, 0.1) is 29.6 Å². The Morgan fingerprint density at radius 3 is 2.37 bits per heavy atom. The van der Waals surface area contributed by atoms with Crippen molar-refractivity contribution in [1.82, 2.24) is 0 Å². The second kappa shape index (κ2) is 9.15. The maximum atomic E-state index is 2.50. The van der Waals surface area contributed by atoms with E-state index in [1.807, 2.05) is 0 Å². The van der Waals surface area contributed by atoms with Gasteiger partial charge in [-0.2, -0.15) is 0 Å². The van der Waals surface area contributed by atoms with Gasteiger partial charge < -0.3 is 0 Å². The van der Waals surface area contributed by atoms with E-state index in [1.165, 1.54) is 63.4 Å². The summed E-state index contributed by atoms with van der Waals surface area (Å²) in [5.41, 5.74) is 4.89. The van der Waals surface area contributed by atoms with E-state index < -0.39 is 0 Å². The van der Waals surface area contributed by atoms with Crippen molar-refractivity contribution in [3.8, 4) is 0 Å².